The van der Waals surface area contributed by atoms with E-state index in [0.29, 0.717) is 0 Å². The highest BCUT2D eigenvalue weighted by Gasteiger charge is 2.19. The van der Waals surface area contributed by atoms with Crippen molar-refractivity contribution in [3.8, 4) is 0 Å². The van der Waals surface area contributed by atoms with E-state index in [1.807, 2.05) is 0 Å². The van der Waals surface area contributed by atoms with Crippen molar-refractivity contribution in [1.29, 1.82) is 0 Å². The molecule has 0 N–H and O–H groups in total. The second-order valence-electron chi connectivity index (χ2n) is 8.10. The van der Waals surface area contributed by atoms with Crippen LogP contribution in [0.5, 0.6) is 0 Å². The van der Waals surface area contributed by atoms with Gasteiger partial charge < -0.3 is 0 Å². The van der Waals surface area contributed by atoms with Crippen molar-refractivity contribution < 1.29 is 0 Å². The van der Waals surface area contributed by atoms with Crippen molar-refractivity contribution in [2.24, 2.45) is 11.8 Å². The average molecular weight is 361 g/mol. The first-order valence-electron chi connectivity index (χ1n) is 11.6. The number of rotatable bonds is 21. The van der Waals surface area contributed by atoms with E-state index in [4.69, 9.17) is 0 Å². The number of hydrogen-bond acceptors (Lipinski definition) is 0. The van der Waals surface area contributed by atoms with Crippen molar-refractivity contribution in [2.75, 3.05) is 0 Å². The lowest BCUT2D eigenvalue weighted by Crippen LogP contribution is -2.15. The normalized spacial score (nSPS) is 13.3. The predicted molar refractivity (Wildman–Crippen MR) is 122 cm³/mol. The van der Waals surface area contributed by atoms with E-state index in [1.165, 1.54) is 109 Å². The van der Waals surface area contributed by atoms with Gasteiger partial charge in [0.15, 0.2) is 0 Å². The molecule has 0 nitrogen and oxygen atoms in total. The molecule has 0 heterocycles. The summed E-state index contributed by atoms with van der Waals surface area (Å²) in [5.41, 5.74) is 0. The van der Waals surface area contributed by atoms with E-state index in [1.54, 1.807) is 0 Å². The van der Waals surface area contributed by atoms with Gasteiger partial charge in [-0.3, -0.25) is 0 Å². The summed E-state index contributed by atoms with van der Waals surface area (Å²) >= 11 is 0. The molecule has 0 saturated heterocycles. The van der Waals surface area contributed by atoms with Crippen LogP contribution in [0.25, 0.3) is 0 Å². The summed E-state index contributed by atoms with van der Waals surface area (Å²) in [7, 11) is 0. The Morgan fingerprint density at radius 1 is 0.538 bits per heavy atom. The van der Waals surface area contributed by atoms with E-state index in [0.717, 1.165) is 11.8 Å². The molecule has 26 heavy (non-hydrogen) atoms. The standard InChI is InChI=1S/C26H48/c1-5-9-11-13-15-16-18-20-24-26(22-8-4)25(21-7-3)23-19-17-14-12-10-6-2/h5-7,25-26H,1-3,8-24H2,4H3. The molecule has 0 aromatic rings. The van der Waals surface area contributed by atoms with Gasteiger partial charge in [0.25, 0.3) is 0 Å². The smallest absolute Gasteiger partial charge is 0.0322 e. The molecule has 0 amide bonds. The topological polar surface area (TPSA) is 0 Å². The molecule has 0 radical (unpaired) electrons. The fourth-order valence-corrected chi connectivity index (χ4v) is 4.20. The fourth-order valence-electron chi connectivity index (χ4n) is 4.20. The van der Waals surface area contributed by atoms with Crippen LogP contribution in [0.2, 0.25) is 0 Å². The Hall–Kier alpha value is -0.780. The van der Waals surface area contributed by atoms with Crippen LogP contribution >= 0.6 is 0 Å². The first-order chi connectivity index (χ1) is 12.8. The Labute approximate surface area is 166 Å². The van der Waals surface area contributed by atoms with E-state index in [-0.39, 0.29) is 0 Å². The largest absolute Gasteiger partial charge is 0.103 e. The van der Waals surface area contributed by atoms with Crippen LogP contribution in [0.3, 0.4) is 0 Å². The third-order valence-corrected chi connectivity index (χ3v) is 5.76. The van der Waals surface area contributed by atoms with Crippen molar-refractivity contribution in [3.05, 3.63) is 38.0 Å². The molecule has 0 spiro atoms. The van der Waals surface area contributed by atoms with Gasteiger partial charge in [0, 0.05) is 0 Å². The highest BCUT2D eigenvalue weighted by molar-refractivity contribution is 4.79. The lowest BCUT2D eigenvalue weighted by atomic mass is 9.79. The molecule has 0 aliphatic heterocycles. The van der Waals surface area contributed by atoms with Crippen LogP contribution in [0.4, 0.5) is 0 Å². The minimum atomic E-state index is 0.874. The van der Waals surface area contributed by atoms with Gasteiger partial charge in [-0.1, -0.05) is 95.8 Å². The van der Waals surface area contributed by atoms with Gasteiger partial charge in [-0.2, -0.15) is 0 Å². The van der Waals surface area contributed by atoms with Crippen LogP contribution < -0.4 is 0 Å². The first kappa shape index (κ1) is 25.2. The molecule has 2 atom stereocenters. The second-order valence-corrected chi connectivity index (χ2v) is 8.10. The van der Waals surface area contributed by atoms with E-state index in [9.17, 15) is 0 Å². The number of allylic oxidation sites excluding steroid dienone is 3. The summed E-state index contributed by atoms with van der Waals surface area (Å²) < 4.78 is 0. The molecule has 152 valence electrons. The minimum Gasteiger partial charge on any atom is -0.103 e. The van der Waals surface area contributed by atoms with Gasteiger partial charge in [0.1, 0.15) is 0 Å². The molecule has 2 unspecified atom stereocenters. The zero-order valence-corrected chi connectivity index (χ0v) is 18.0. The lowest BCUT2D eigenvalue weighted by molar-refractivity contribution is 0.262. The van der Waals surface area contributed by atoms with Gasteiger partial charge in [0.05, 0.1) is 0 Å². The Morgan fingerprint density at radius 3 is 1.46 bits per heavy atom. The summed E-state index contributed by atoms with van der Waals surface area (Å²) in [6.07, 6.45) is 29.4. The van der Waals surface area contributed by atoms with Crippen molar-refractivity contribution in [3.63, 3.8) is 0 Å². The quantitative estimate of drug-likeness (QED) is 0.141. The first-order valence-corrected chi connectivity index (χ1v) is 11.6. The summed E-state index contributed by atoms with van der Waals surface area (Å²) in [6.45, 7) is 14.0. The molecule has 0 aliphatic rings. The van der Waals surface area contributed by atoms with Crippen LogP contribution in [-0.2, 0) is 0 Å². The maximum absolute atomic E-state index is 4.04. The molecule has 0 aliphatic carbocycles. The van der Waals surface area contributed by atoms with Crippen LogP contribution in [0, 0.1) is 11.8 Å². The maximum Gasteiger partial charge on any atom is -0.0322 e. The number of unbranched alkanes of at least 4 members (excludes halogenated alkanes) is 10. The van der Waals surface area contributed by atoms with Gasteiger partial charge in [-0.25, -0.2) is 0 Å². The summed E-state index contributed by atoms with van der Waals surface area (Å²) in [6, 6.07) is 0. The molecule has 0 saturated carbocycles. The summed E-state index contributed by atoms with van der Waals surface area (Å²) in [5, 5.41) is 0. The lowest BCUT2D eigenvalue weighted by Gasteiger charge is -2.26. The molecule has 0 heteroatoms. The minimum absolute atomic E-state index is 0.874. The van der Waals surface area contributed by atoms with E-state index < -0.39 is 0 Å². The Kier molecular flexibility index (Phi) is 19.9. The molecule has 0 rings (SSSR count). The van der Waals surface area contributed by atoms with Crippen LogP contribution in [0.15, 0.2) is 38.0 Å². The maximum atomic E-state index is 4.04. The second kappa shape index (κ2) is 20.5. The van der Waals surface area contributed by atoms with Crippen molar-refractivity contribution in [2.45, 2.75) is 116 Å². The monoisotopic (exact) mass is 360 g/mol. The van der Waals surface area contributed by atoms with E-state index >= 15 is 0 Å². The predicted octanol–water partition coefficient (Wildman–Crippen LogP) is 9.43. The average Bonchev–Trinajstić information content (AvgIpc) is 2.65. The summed E-state index contributed by atoms with van der Waals surface area (Å²) in [5.74, 6) is 1.80. The Morgan fingerprint density at radius 2 is 1.00 bits per heavy atom. The molecule has 0 bridgehead atoms. The highest BCUT2D eigenvalue weighted by Crippen LogP contribution is 2.31. The fraction of sp³-hybridized carbons (Fsp3) is 0.769. The van der Waals surface area contributed by atoms with Gasteiger partial charge in [-0.05, 0) is 50.4 Å². The van der Waals surface area contributed by atoms with Gasteiger partial charge in [0.2, 0.25) is 0 Å². The molecule has 0 aromatic carbocycles. The third kappa shape index (κ3) is 15.5. The Balaban J connectivity index is 4.04. The molecular weight excluding hydrogens is 312 g/mol. The summed E-state index contributed by atoms with van der Waals surface area (Å²) in [4.78, 5) is 0. The van der Waals surface area contributed by atoms with E-state index in [2.05, 4.69) is 44.9 Å². The third-order valence-electron chi connectivity index (χ3n) is 5.76. The molecule has 0 aromatic heterocycles. The molecular formula is C26H48. The molecule has 0 fully saturated rings. The zero-order chi connectivity index (χ0) is 19.3. The van der Waals surface area contributed by atoms with Crippen molar-refractivity contribution in [1.82, 2.24) is 0 Å². The zero-order valence-electron chi connectivity index (χ0n) is 18.0. The van der Waals surface area contributed by atoms with Crippen molar-refractivity contribution >= 4 is 0 Å². The number of hydrogen-bond donors (Lipinski definition) is 0. The van der Waals surface area contributed by atoms with Gasteiger partial charge in [-0.15, -0.1) is 19.7 Å². The van der Waals surface area contributed by atoms with Gasteiger partial charge >= 0.3 is 0 Å². The Bertz CT molecular complexity index is 314. The highest BCUT2D eigenvalue weighted by atomic mass is 14.2. The van der Waals surface area contributed by atoms with Crippen LogP contribution in [0.1, 0.15) is 116 Å². The van der Waals surface area contributed by atoms with Crippen LogP contribution in [-0.4, -0.2) is 0 Å². The SMILES string of the molecule is C=CCCCCCCCCC(CCC)C(CC=C)CCCCCCC=C.